The van der Waals surface area contributed by atoms with Gasteiger partial charge in [0.25, 0.3) is 0 Å². The van der Waals surface area contributed by atoms with E-state index in [1.165, 1.54) is 33.4 Å². The Morgan fingerprint density at radius 1 is 0.375 bits per heavy atom. The van der Waals surface area contributed by atoms with Crippen molar-refractivity contribution >= 4 is 8.60 Å². The van der Waals surface area contributed by atoms with Gasteiger partial charge < -0.3 is 13.6 Å². The van der Waals surface area contributed by atoms with Crippen LogP contribution in [0.25, 0.3) is 0 Å². The van der Waals surface area contributed by atoms with E-state index < -0.39 is 8.60 Å². The van der Waals surface area contributed by atoms with Gasteiger partial charge in [-0.3, -0.25) is 0 Å². The van der Waals surface area contributed by atoms with Crippen molar-refractivity contribution in [1.82, 2.24) is 0 Å². The second-order valence-corrected chi connectivity index (χ2v) is 13.7. The van der Waals surface area contributed by atoms with Crippen molar-refractivity contribution in [3.63, 3.8) is 0 Å². The standard InChI is InChI=1S/C36H51O3P/c1-22(2)28-16-13-19-31(34(28)25(7)8)37-40(38-32-20-14-17-29(23(3)4)35(32)26(9)10)39-33-21-15-18-30(24(5)6)36(33)27(11)12/h13-27H,1-12H3. The van der Waals surface area contributed by atoms with Crippen LogP contribution in [0.3, 0.4) is 0 Å². The number of hydrogen-bond acceptors (Lipinski definition) is 3. The maximum atomic E-state index is 6.80. The number of hydrogen-bond donors (Lipinski definition) is 0. The van der Waals surface area contributed by atoms with E-state index in [1.54, 1.807) is 0 Å². The quantitative estimate of drug-likeness (QED) is 0.205. The van der Waals surface area contributed by atoms with Crippen molar-refractivity contribution in [2.24, 2.45) is 0 Å². The summed E-state index contributed by atoms with van der Waals surface area (Å²) in [5, 5.41) is 0. The van der Waals surface area contributed by atoms with Crippen LogP contribution in [0.15, 0.2) is 54.6 Å². The Morgan fingerprint density at radius 3 is 0.825 bits per heavy atom. The molecule has 3 aromatic carbocycles. The third kappa shape index (κ3) is 7.41. The van der Waals surface area contributed by atoms with Crippen molar-refractivity contribution < 1.29 is 13.6 Å². The summed E-state index contributed by atoms with van der Waals surface area (Å²) in [5.74, 6) is 4.58. The van der Waals surface area contributed by atoms with Crippen LogP contribution in [-0.4, -0.2) is 0 Å². The van der Waals surface area contributed by atoms with Gasteiger partial charge in [-0.25, -0.2) is 0 Å². The topological polar surface area (TPSA) is 27.7 Å². The van der Waals surface area contributed by atoms with Gasteiger partial charge in [-0.2, -0.15) is 0 Å². The molecule has 0 unspecified atom stereocenters. The summed E-state index contributed by atoms with van der Waals surface area (Å²) < 4.78 is 20.4. The summed E-state index contributed by atoms with van der Waals surface area (Å²) in [6.45, 7) is 26.8. The molecule has 0 aromatic heterocycles. The van der Waals surface area contributed by atoms with Crippen LogP contribution < -0.4 is 13.6 Å². The van der Waals surface area contributed by atoms with Crippen molar-refractivity contribution in [1.29, 1.82) is 0 Å². The van der Waals surface area contributed by atoms with Crippen molar-refractivity contribution in [3.05, 3.63) is 88.0 Å². The lowest BCUT2D eigenvalue weighted by molar-refractivity contribution is 0.380. The zero-order chi connectivity index (χ0) is 29.7. The molecule has 3 aromatic rings. The molecule has 0 spiro atoms. The molecule has 0 bridgehead atoms. The Labute approximate surface area is 245 Å². The van der Waals surface area contributed by atoms with Crippen LogP contribution in [0.2, 0.25) is 0 Å². The molecule has 3 rings (SSSR count). The molecule has 0 amide bonds. The first-order valence-electron chi connectivity index (χ1n) is 15.1. The molecule has 0 aliphatic heterocycles. The van der Waals surface area contributed by atoms with Gasteiger partial charge >= 0.3 is 8.60 Å². The Kier molecular flexibility index (Phi) is 11.1. The average molecular weight is 563 g/mol. The van der Waals surface area contributed by atoms with E-state index in [-0.39, 0.29) is 0 Å². The lowest BCUT2D eigenvalue weighted by atomic mass is 9.90. The zero-order valence-electron chi connectivity index (χ0n) is 26.8. The second kappa shape index (κ2) is 13.9. The van der Waals surface area contributed by atoms with Crippen LogP contribution in [0.4, 0.5) is 0 Å². The van der Waals surface area contributed by atoms with E-state index in [1.807, 2.05) is 0 Å². The molecule has 0 heterocycles. The van der Waals surface area contributed by atoms with E-state index in [9.17, 15) is 0 Å². The molecule has 0 aliphatic carbocycles. The minimum atomic E-state index is -1.81. The fourth-order valence-corrected chi connectivity index (χ4v) is 6.65. The Balaban J connectivity index is 2.17. The summed E-state index contributed by atoms with van der Waals surface area (Å²) in [7, 11) is -1.81. The molecule has 0 saturated heterocycles. The Morgan fingerprint density at radius 2 is 0.625 bits per heavy atom. The van der Waals surface area contributed by atoms with E-state index in [2.05, 4.69) is 138 Å². The summed E-state index contributed by atoms with van der Waals surface area (Å²) in [6.07, 6.45) is 0. The third-order valence-corrected chi connectivity index (χ3v) is 8.45. The summed E-state index contributed by atoms with van der Waals surface area (Å²) >= 11 is 0. The fourth-order valence-electron chi connectivity index (χ4n) is 5.58. The maximum absolute atomic E-state index is 6.80. The summed E-state index contributed by atoms with van der Waals surface area (Å²) in [4.78, 5) is 0. The van der Waals surface area contributed by atoms with E-state index in [4.69, 9.17) is 13.6 Å². The van der Waals surface area contributed by atoms with Crippen LogP contribution in [0.1, 0.15) is 152 Å². The largest absolute Gasteiger partial charge is 0.530 e. The van der Waals surface area contributed by atoms with Gasteiger partial charge in [0.05, 0.1) is 0 Å². The minimum Gasteiger partial charge on any atom is -0.408 e. The van der Waals surface area contributed by atoms with Crippen LogP contribution in [-0.2, 0) is 0 Å². The van der Waals surface area contributed by atoms with Crippen LogP contribution in [0, 0.1) is 0 Å². The van der Waals surface area contributed by atoms with E-state index in [0.717, 1.165) is 17.2 Å². The smallest absolute Gasteiger partial charge is 0.408 e. The first-order chi connectivity index (χ1) is 18.8. The maximum Gasteiger partial charge on any atom is 0.530 e. The van der Waals surface area contributed by atoms with E-state index in [0.29, 0.717) is 35.5 Å². The van der Waals surface area contributed by atoms with Gasteiger partial charge in [0.2, 0.25) is 0 Å². The highest BCUT2D eigenvalue weighted by Gasteiger charge is 2.28. The molecular formula is C36H51O3P. The van der Waals surface area contributed by atoms with Crippen molar-refractivity contribution in [2.45, 2.75) is 119 Å². The highest BCUT2D eigenvalue weighted by atomic mass is 31.2. The molecule has 4 heteroatoms. The van der Waals surface area contributed by atoms with Gasteiger partial charge in [-0.15, -0.1) is 0 Å². The van der Waals surface area contributed by atoms with Gasteiger partial charge in [-0.1, -0.05) is 119 Å². The zero-order valence-corrected chi connectivity index (χ0v) is 27.7. The normalized spacial score (nSPS) is 12.1. The first kappa shape index (κ1) is 32.0. The highest BCUT2D eigenvalue weighted by molar-refractivity contribution is 7.43. The van der Waals surface area contributed by atoms with Gasteiger partial charge in [-0.05, 0) is 70.4 Å². The lowest BCUT2D eigenvalue weighted by Crippen LogP contribution is -2.10. The van der Waals surface area contributed by atoms with Crippen LogP contribution >= 0.6 is 8.60 Å². The lowest BCUT2D eigenvalue weighted by Gasteiger charge is -2.27. The van der Waals surface area contributed by atoms with Crippen molar-refractivity contribution in [3.8, 4) is 17.2 Å². The number of rotatable bonds is 12. The Bertz CT molecular complexity index is 1100. The van der Waals surface area contributed by atoms with Gasteiger partial charge in [0, 0.05) is 16.7 Å². The first-order valence-corrected chi connectivity index (χ1v) is 16.1. The third-order valence-electron chi connectivity index (χ3n) is 7.42. The molecule has 3 nitrogen and oxygen atoms in total. The average Bonchev–Trinajstić information content (AvgIpc) is 2.87. The SMILES string of the molecule is CC(C)c1cccc(OP(Oc2cccc(C(C)C)c2C(C)C)Oc2cccc(C(C)C)c2C(C)C)c1C(C)C. The summed E-state index contributed by atoms with van der Waals surface area (Å²) in [6, 6.07) is 19.1. The number of benzene rings is 3. The molecule has 0 aliphatic rings. The monoisotopic (exact) mass is 562 g/mol. The molecule has 218 valence electrons. The molecule has 0 atom stereocenters. The fraction of sp³-hybridized carbons (Fsp3) is 0.500. The second-order valence-electron chi connectivity index (χ2n) is 12.7. The molecule has 0 saturated carbocycles. The molecule has 0 fully saturated rings. The molecular weight excluding hydrogens is 511 g/mol. The van der Waals surface area contributed by atoms with Crippen molar-refractivity contribution in [2.75, 3.05) is 0 Å². The Hall–Kier alpha value is -2.51. The van der Waals surface area contributed by atoms with Gasteiger partial charge in [0.1, 0.15) is 17.2 Å². The molecule has 40 heavy (non-hydrogen) atoms. The minimum absolute atomic E-state index is 0.302. The predicted molar refractivity (Wildman–Crippen MR) is 173 cm³/mol. The van der Waals surface area contributed by atoms with Gasteiger partial charge in [0.15, 0.2) is 0 Å². The predicted octanol–water partition coefficient (Wildman–Crippen LogP) is 12.2. The molecule has 0 N–H and O–H groups in total. The van der Waals surface area contributed by atoms with Crippen LogP contribution in [0.5, 0.6) is 17.2 Å². The van der Waals surface area contributed by atoms with E-state index >= 15 is 0 Å². The highest BCUT2D eigenvalue weighted by Crippen LogP contribution is 2.49. The summed E-state index contributed by atoms with van der Waals surface area (Å²) in [5.41, 5.74) is 7.57. The molecule has 0 radical (unpaired) electrons.